The van der Waals surface area contributed by atoms with Crippen molar-refractivity contribution in [2.45, 2.75) is 25.4 Å². The highest BCUT2D eigenvalue weighted by molar-refractivity contribution is 5.91. The van der Waals surface area contributed by atoms with Crippen LogP contribution in [0.1, 0.15) is 29.3 Å². The van der Waals surface area contributed by atoms with E-state index in [0.29, 0.717) is 11.9 Å². The molecule has 13 heavy (non-hydrogen) atoms. The van der Waals surface area contributed by atoms with Gasteiger partial charge in [-0.1, -0.05) is 0 Å². The molecule has 1 amide bonds. The normalized spacial score (nSPS) is 15.8. The van der Waals surface area contributed by atoms with Crippen molar-refractivity contribution in [2.75, 3.05) is 0 Å². The molecule has 0 radical (unpaired) electrons. The number of nitrogens with two attached hydrogens (primary N) is 1. The van der Waals surface area contributed by atoms with E-state index in [0.717, 1.165) is 12.8 Å². The summed E-state index contributed by atoms with van der Waals surface area (Å²) in [5, 5.41) is 2.79. The van der Waals surface area contributed by atoms with Crippen LogP contribution < -0.4 is 11.1 Å². The molecule has 0 saturated heterocycles. The summed E-state index contributed by atoms with van der Waals surface area (Å²) in [5.41, 5.74) is 5.29. The van der Waals surface area contributed by atoms with Crippen molar-refractivity contribution in [1.29, 1.82) is 0 Å². The van der Waals surface area contributed by atoms with Gasteiger partial charge in [0.05, 0.1) is 12.7 Å². The molecule has 0 aromatic carbocycles. The summed E-state index contributed by atoms with van der Waals surface area (Å²) >= 11 is 0. The van der Waals surface area contributed by atoms with Gasteiger partial charge >= 0.3 is 0 Å². The first-order valence-electron chi connectivity index (χ1n) is 4.25. The van der Waals surface area contributed by atoms with E-state index >= 15 is 0 Å². The van der Waals surface area contributed by atoms with Crippen LogP contribution in [0.4, 0.5) is 0 Å². The molecule has 1 aliphatic rings. The maximum Gasteiger partial charge on any atom is 0.288 e. The van der Waals surface area contributed by atoms with E-state index in [1.807, 2.05) is 0 Å². The van der Waals surface area contributed by atoms with Crippen molar-refractivity contribution >= 4 is 5.91 Å². The lowest BCUT2D eigenvalue weighted by atomic mass is 10.4. The quantitative estimate of drug-likeness (QED) is 0.689. The maximum atomic E-state index is 11.3. The van der Waals surface area contributed by atoms with Crippen molar-refractivity contribution in [2.24, 2.45) is 5.73 Å². The summed E-state index contributed by atoms with van der Waals surface area (Å²) in [6.07, 6.45) is 3.52. The van der Waals surface area contributed by atoms with Crippen LogP contribution in [0.2, 0.25) is 0 Å². The Bertz CT molecular complexity index is 317. The Hall–Kier alpha value is -1.36. The molecule has 0 atom stereocenters. The largest absolute Gasteiger partial charge is 0.434 e. The predicted molar refractivity (Wildman–Crippen MR) is 44.9 cm³/mol. The average molecular weight is 181 g/mol. The zero-order chi connectivity index (χ0) is 9.26. The van der Waals surface area contributed by atoms with Gasteiger partial charge in [0, 0.05) is 6.04 Å². The van der Waals surface area contributed by atoms with Crippen LogP contribution in [-0.4, -0.2) is 16.9 Å². The molecule has 1 aromatic rings. The molecule has 5 nitrogen and oxygen atoms in total. The number of hydrogen-bond donors (Lipinski definition) is 2. The van der Waals surface area contributed by atoms with Gasteiger partial charge in [-0.3, -0.25) is 4.79 Å². The molecule has 1 aromatic heterocycles. The summed E-state index contributed by atoms with van der Waals surface area (Å²) in [4.78, 5) is 15.2. The van der Waals surface area contributed by atoms with Crippen LogP contribution in [0.5, 0.6) is 0 Å². The van der Waals surface area contributed by atoms with E-state index in [9.17, 15) is 4.79 Å². The molecule has 1 fully saturated rings. The minimum absolute atomic E-state index is 0.199. The lowest BCUT2D eigenvalue weighted by Gasteiger charge is -1.97. The second-order valence-electron chi connectivity index (χ2n) is 3.07. The van der Waals surface area contributed by atoms with Gasteiger partial charge in [-0.05, 0) is 12.8 Å². The average Bonchev–Trinajstić information content (AvgIpc) is 2.82. The van der Waals surface area contributed by atoms with Crippen molar-refractivity contribution < 1.29 is 9.21 Å². The summed E-state index contributed by atoms with van der Waals surface area (Å²) in [6.45, 7) is 0.219. The lowest BCUT2D eigenvalue weighted by Crippen LogP contribution is -2.24. The Balaban J connectivity index is 2.01. The standard InChI is InChI=1S/C8H11N3O2/c9-3-7-10-4-6(13-7)8(12)11-5-1-2-5/h4-5H,1-3,9H2,(H,11,12). The predicted octanol–water partition coefficient (Wildman–Crippen LogP) is 0.0255. The fourth-order valence-corrected chi connectivity index (χ4v) is 0.994. The third-order valence-electron chi connectivity index (χ3n) is 1.86. The van der Waals surface area contributed by atoms with Crippen LogP contribution in [0, 0.1) is 0 Å². The molecule has 1 saturated carbocycles. The van der Waals surface area contributed by atoms with E-state index < -0.39 is 0 Å². The van der Waals surface area contributed by atoms with Crippen molar-refractivity contribution in [1.82, 2.24) is 10.3 Å². The number of amides is 1. The highest BCUT2D eigenvalue weighted by Gasteiger charge is 2.25. The third-order valence-corrected chi connectivity index (χ3v) is 1.86. The minimum Gasteiger partial charge on any atom is -0.434 e. The second-order valence-corrected chi connectivity index (χ2v) is 3.07. The second kappa shape index (κ2) is 3.18. The number of aromatic nitrogens is 1. The fourth-order valence-electron chi connectivity index (χ4n) is 0.994. The monoisotopic (exact) mass is 181 g/mol. The number of oxazole rings is 1. The van der Waals surface area contributed by atoms with Crippen molar-refractivity contribution in [3.8, 4) is 0 Å². The number of hydrogen-bond acceptors (Lipinski definition) is 4. The molecule has 70 valence electrons. The summed E-state index contributed by atoms with van der Waals surface area (Å²) in [7, 11) is 0. The molecular weight excluding hydrogens is 170 g/mol. The van der Waals surface area contributed by atoms with Gasteiger partial charge in [0.25, 0.3) is 5.91 Å². The molecule has 2 rings (SSSR count). The Morgan fingerprint density at radius 1 is 1.77 bits per heavy atom. The molecule has 0 unspecified atom stereocenters. The minimum atomic E-state index is -0.199. The molecule has 1 heterocycles. The van der Waals surface area contributed by atoms with Gasteiger partial charge in [-0.2, -0.15) is 0 Å². The van der Waals surface area contributed by atoms with Gasteiger partial charge in [-0.15, -0.1) is 0 Å². The first-order valence-corrected chi connectivity index (χ1v) is 4.25. The molecule has 0 bridgehead atoms. The summed E-state index contributed by atoms with van der Waals surface area (Å²) < 4.78 is 5.08. The van der Waals surface area contributed by atoms with E-state index in [2.05, 4.69) is 10.3 Å². The van der Waals surface area contributed by atoms with E-state index in [4.69, 9.17) is 10.2 Å². The van der Waals surface area contributed by atoms with Crippen molar-refractivity contribution in [3.05, 3.63) is 17.8 Å². The molecule has 3 N–H and O–H groups in total. The van der Waals surface area contributed by atoms with Crippen LogP contribution in [0.25, 0.3) is 0 Å². The van der Waals surface area contributed by atoms with E-state index in [1.54, 1.807) is 0 Å². The number of nitrogens with one attached hydrogen (secondary N) is 1. The zero-order valence-corrected chi connectivity index (χ0v) is 7.12. The Kier molecular flexibility index (Phi) is 2.02. The molecular formula is C8H11N3O2. The third kappa shape index (κ3) is 1.86. The van der Waals surface area contributed by atoms with Gasteiger partial charge in [0.1, 0.15) is 0 Å². The van der Waals surface area contributed by atoms with Crippen molar-refractivity contribution in [3.63, 3.8) is 0 Å². The van der Waals surface area contributed by atoms with Crippen LogP contribution in [0.3, 0.4) is 0 Å². The lowest BCUT2D eigenvalue weighted by molar-refractivity contribution is 0.0921. The number of nitrogens with zero attached hydrogens (tertiary/aromatic N) is 1. The van der Waals surface area contributed by atoms with E-state index in [1.165, 1.54) is 6.20 Å². The van der Waals surface area contributed by atoms with Gasteiger partial charge in [0.2, 0.25) is 11.7 Å². The topological polar surface area (TPSA) is 81.1 Å². The SMILES string of the molecule is NCc1ncc(C(=O)NC2CC2)o1. The highest BCUT2D eigenvalue weighted by Crippen LogP contribution is 2.19. The molecule has 0 aliphatic heterocycles. The van der Waals surface area contributed by atoms with Gasteiger partial charge < -0.3 is 15.5 Å². The Morgan fingerprint density at radius 2 is 2.54 bits per heavy atom. The molecule has 0 spiro atoms. The summed E-state index contributed by atoms with van der Waals surface area (Å²) in [6, 6.07) is 0.332. The van der Waals surface area contributed by atoms with Gasteiger partial charge in [0.15, 0.2) is 0 Å². The Morgan fingerprint density at radius 3 is 3.08 bits per heavy atom. The van der Waals surface area contributed by atoms with E-state index in [-0.39, 0.29) is 18.2 Å². The number of carbonyl (C=O) groups excluding carboxylic acids is 1. The maximum absolute atomic E-state index is 11.3. The molecule has 1 aliphatic carbocycles. The van der Waals surface area contributed by atoms with Crippen LogP contribution in [0.15, 0.2) is 10.6 Å². The van der Waals surface area contributed by atoms with Gasteiger partial charge in [-0.25, -0.2) is 4.98 Å². The molecule has 5 heteroatoms. The number of carbonyl (C=O) groups is 1. The fraction of sp³-hybridized carbons (Fsp3) is 0.500. The first-order chi connectivity index (χ1) is 6.29. The first kappa shape index (κ1) is 8.25. The summed E-state index contributed by atoms with van der Waals surface area (Å²) in [5.74, 6) is 0.433. The number of rotatable bonds is 3. The smallest absolute Gasteiger partial charge is 0.288 e. The van der Waals surface area contributed by atoms with Crippen LogP contribution >= 0.6 is 0 Å². The van der Waals surface area contributed by atoms with Crippen LogP contribution in [-0.2, 0) is 6.54 Å². The zero-order valence-electron chi connectivity index (χ0n) is 7.12. The Labute approximate surface area is 75.3 Å². The highest BCUT2D eigenvalue weighted by atomic mass is 16.4.